The highest BCUT2D eigenvalue weighted by molar-refractivity contribution is 5.96. The summed E-state index contributed by atoms with van der Waals surface area (Å²) in [6.07, 6.45) is 0.520. The van der Waals surface area contributed by atoms with Crippen molar-refractivity contribution in [3.05, 3.63) is 57.5 Å². The van der Waals surface area contributed by atoms with Crippen molar-refractivity contribution >= 4 is 11.8 Å². The average Bonchev–Trinajstić information content (AvgIpc) is 2.93. The van der Waals surface area contributed by atoms with Crippen molar-refractivity contribution < 1.29 is 9.59 Å². The summed E-state index contributed by atoms with van der Waals surface area (Å²) in [4.78, 5) is 37.1. The zero-order valence-corrected chi connectivity index (χ0v) is 11.9. The molecule has 0 saturated carbocycles. The number of amides is 2. The van der Waals surface area contributed by atoms with Crippen LogP contribution in [0.1, 0.15) is 21.6 Å². The fraction of sp³-hybridized carbons (Fsp3) is 0.267. The molecule has 0 saturated heterocycles. The van der Waals surface area contributed by atoms with Crippen LogP contribution in [0.2, 0.25) is 0 Å². The molecule has 1 aromatic heterocycles. The normalized spacial score (nSPS) is 13.5. The summed E-state index contributed by atoms with van der Waals surface area (Å²) in [5.74, 6) is -0.446. The number of nitrogens with one attached hydrogen (secondary N) is 3. The van der Waals surface area contributed by atoms with Gasteiger partial charge in [-0.05, 0) is 18.6 Å². The second kappa shape index (κ2) is 5.88. The van der Waals surface area contributed by atoms with Crippen molar-refractivity contribution in [2.75, 3.05) is 13.1 Å². The Balaban J connectivity index is 1.57. The molecule has 0 unspecified atom stereocenters. The van der Waals surface area contributed by atoms with E-state index in [1.807, 2.05) is 6.07 Å². The average molecular weight is 300 g/mol. The SMILES string of the molecule is O=C(NCC(=O)N1CCc2c([nH][nH]c2=O)C1)c1ccccc1. The lowest BCUT2D eigenvalue weighted by Gasteiger charge is -2.26. The van der Waals surface area contributed by atoms with Crippen LogP contribution < -0.4 is 10.9 Å². The Morgan fingerprint density at radius 2 is 1.95 bits per heavy atom. The van der Waals surface area contributed by atoms with Crippen LogP contribution in [0.3, 0.4) is 0 Å². The Labute approximate surface area is 126 Å². The molecule has 0 bridgehead atoms. The Kier molecular flexibility index (Phi) is 3.78. The number of carbonyl (C=O) groups excluding carboxylic acids is 2. The maximum atomic E-state index is 12.2. The third-order valence-electron chi connectivity index (χ3n) is 3.73. The first kappa shape index (κ1) is 14.1. The van der Waals surface area contributed by atoms with Gasteiger partial charge in [-0.1, -0.05) is 18.2 Å². The fourth-order valence-electron chi connectivity index (χ4n) is 2.51. The van der Waals surface area contributed by atoms with Crippen LogP contribution in [0.4, 0.5) is 0 Å². The maximum Gasteiger partial charge on any atom is 0.267 e. The van der Waals surface area contributed by atoms with E-state index >= 15 is 0 Å². The van der Waals surface area contributed by atoms with E-state index in [4.69, 9.17) is 0 Å². The molecule has 0 aliphatic carbocycles. The molecule has 0 radical (unpaired) electrons. The molecular weight excluding hydrogens is 284 g/mol. The second-order valence-corrected chi connectivity index (χ2v) is 5.15. The summed E-state index contributed by atoms with van der Waals surface area (Å²) < 4.78 is 0. The highest BCUT2D eigenvalue weighted by Gasteiger charge is 2.23. The first-order chi connectivity index (χ1) is 10.6. The van der Waals surface area contributed by atoms with Crippen LogP contribution in [0.15, 0.2) is 35.1 Å². The van der Waals surface area contributed by atoms with Crippen LogP contribution in [-0.2, 0) is 17.8 Å². The van der Waals surface area contributed by atoms with Gasteiger partial charge in [-0.15, -0.1) is 0 Å². The van der Waals surface area contributed by atoms with E-state index in [1.165, 1.54) is 0 Å². The van der Waals surface area contributed by atoms with E-state index < -0.39 is 0 Å². The van der Waals surface area contributed by atoms with Gasteiger partial charge in [0.05, 0.1) is 18.8 Å². The molecule has 3 N–H and O–H groups in total. The summed E-state index contributed by atoms with van der Waals surface area (Å²) in [5, 5.41) is 7.92. The lowest BCUT2D eigenvalue weighted by Crippen LogP contribution is -2.43. The number of carbonyl (C=O) groups is 2. The minimum atomic E-state index is -0.276. The minimum Gasteiger partial charge on any atom is -0.343 e. The van der Waals surface area contributed by atoms with E-state index in [-0.39, 0.29) is 23.9 Å². The maximum absolute atomic E-state index is 12.2. The van der Waals surface area contributed by atoms with Gasteiger partial charge < -0.3 is 15.3 Å². The number of aromatic nitrogens is 2. The minimum absolute atomic E-state index is 0.0578. The molecule has 7 nitrogen and oxygen atoms in total. The molecule has 1 aromatic carbocycles. The lowest BCUT2D eigenvalue weighted by atomic mass is 10.1. The molecule has 2 amide bonds. The summed E-state index contributed by atoms with van der Waals surface area (Å²) >= 11 is 0. The Hall–Kier alpha value is -2.83. The van der Waals surface area contributed by atoms with Crippen LogP contribution in [0.5, 0.6) is 0 Å². The van der Waals surface area contributed by atoms with Crippen LogP contribution >= 0.6 is 0 Å². The smallest absolute Gasteiger partial charge is 0.267 e. The zero-order chi connectivity index (χ0) is 15.5. The molecule has 1 aliphatic rings. The largest absolute Gasteiger partial charge is 0.343 e. The molecule has 2 aromatic rings. The van der Waals surface area contributed by atoms with E-state index in [2.05, 4.69) is 15.5 Å². The van der Waals surface area contributed by atoms with Crippen molar-refractivity contribution in [2.24, 2.45) is 0 Å². The highest BCUT2D eigenvalue weighted by atomic mass is 16.2. The van der Waals surface area contributed by atoms with Gasteiger partial charge in [-0.2, -0.15) is 0 Å². The van der Waals surface area contributed by atoms with Crippen molar-refractivity contribution in [2.45, 2.75) is 13.0 Å². The fourth-order valence-corrected chi connectivity index (χ4v) is 2.51. The van der Waals surface area contributed by atoms with Gasteiger partial charge in [0.1, 0.15) is 0 Å². The van der Waals surface area contributed by atoms with Crippen LogP contribution in [0, 0.1) is 0 Å². The number of rotatable bonds is 3. The Bertz CT molecular complexity index is 748. The standard InChI is InChI=1S/C15H16N4O3/c20-13(8-16-14(21)10-4-2-1-3-5-10)19-7-6-11-12(9-19)17-18-15(11)22/h1-5H,6-9H2,(H,16,21)(H2,17,18,22). The summed E-state index contributed by atoms with van der Waals surface area (Å²) in [6, 6.07) is 8.75. The van der Waals surface area contributed by atoms with Gasteiger partial charge in [0.15, 0.2) is 0 Å². The van der Waals surface area contributed by atoms with Crippen molar-refractivity contribution in [1.82, 2.24) is 20.4 Å². The van der Waals surface area contributed by atoms with Gasteiger partial charge in [-0.3, -0.25) is 19.5 Å². The van der Waals surface area contributed by atoms with Gasteiger partial charge in [-0.25, -0.2) is 0 Å². The topological polar surface area (TPSA) is 98.1 Å². The van der Waals surface area contributed by atoms with E-state index in [1.54, 1.807) is 29.2 Å². The summed E-state index contributed by atoms with van der Waals surface area (Å²) in [7, 11) is 0. The number of hydrogen-bond donors (Lipinski definition) is 3. The molecule has 7 heteroatoms. The van der Waals surface area contributed by atoms with Gasteiger partial charge in [0.25, 0.3) is 11.5 Å². The monoisotopic (exact) mass is 300 g/mol. The molecule has 0 atom stereocenters. The van der Waals surface area contributed by atoms with E-state index in [9.17, 15) is 14.4 Å². The number of H-pyrrole nitrogens is 2. The summed E-state index contributed by atoms with van der Waals surface area (Å²) in [5.41, 5.74) is 1.84. The predicted molar refractivity (Wildman–Crippen MR) is 79.3 cm³/mol. The first-order valence-corrected chi connectivity index (χ1v) is 7.04. The molecule has 2 heterocycles. The molecule has 22 heavy (non-hydrogen) atoms. The van der Waals surface area contributed by atoms with Crippen molar-refractivity contribution in [3.63, 3.8) is 0 Å². The quantitative estimate of drug-likeness (QED) is 0.745. The number of aromatic amines is 2. The third kappa shape index (κ3) is 2.78. The Morgan fingerprint density at radius 1 is 1.18 bits per heavy atom. The van der Waals surface area contributed by atoms with Gasteiger partial charge >= 0.3 is 0 Å². The third-order valence-corrected chi connectivity index (χ3v) is 3.73. The lowest BCUT2D eigenvalue weighted by molar-refractivity contribution is -0.131. The first-order valence-electron chi connectivity index (χ1n) is 7.04. The predicted octanol–water partition coefficient (Wildman–Crippen LogP) is 0.0177. The van der Waals surface area contributed by atoms with Gasteiger partial charge in [0, 0.05) is 17.7 Å². The van der Waals surface area contributed by atoms with Crippen molar-refractivity contribution in [1.29, 1.82) is 0 Å². The van der Waals surface area contributed by atoms with Gasteiger partial charge in [0.2, 0.25) is 5.91 Å². The second-order valence-electron chi connectivity index (χ2n) is 5.15. The van der Waals surface area contributed by atoms with Crippen LogP contribution in [0.25, 0.3) is 0 Å². The van der Waals surface area contributed by atoms with Crippen molar-refractivity contribution in [3.8, 4) is 0 Å². The molecule has 1 aliphatic heterocycles. The molecular formula is C15H16N4O3. The van der Waals surface area contributed by atoms with E-state index in [0.717, 1.165) is 5.69 Å². The Morgan fingerprint density at radius 3 is 2.73 bits per heavy atom. The zero-order valence-electron chi connectivity index (χ0n) is 11.9. The van der Waals surface area contributed by atoms with E-state index in [0.29, 0.717) is 30.6 Å². The molecule has 114 valence electrons. The molecule has 0 fully saturated rings. The number of benzene rings is 1. The number of fused-ring (bicyclic) bond motifs is 1. The summed E-state index contributed by atoms with van der Waals surface area (Å²) in [6.45, 7) is 0.778. The molecule has 0 spiro atoms. The van der Waals surface area contributed by atoms with Crippen LogP contribution in [-0.4, -0.2) is 40.0 Å². The number of hydrogen-bond acceptors (Lipinski definition) is 3. The molecule has 3 rings (SSSR count). The highest BCUT2D eigenvalue weighted by Crippen LogP contribution is 2.12. The number of nitrogens with zero attached hydrogens (tertiary/aromatic N) is 1.